The van der Waals surface area contributed by atoms with Gasteiger partial charge in [0.1, 0.15) is 5.37 Å². The number of hydrogen-bond donors (Lipinski definition) is 0. The average molecular weight is 413 g/mol. The van der Waals surface area contributed by atoms with Gasteiger partial charge in [0.2, 0.25) is 11.8 Å². The van der Waals surface area contributed by atoms with Crippen molar-refractivity contribution in [2.45, 2.75) is 11.8 Å². The Labute approximate surface area is 174 Å². The van der Waals surface area contributed by atoms with Crippen molar-refractivity contribution < 1.29 is 19.1 Å². The number of nitrogens with zero attached hydrogens (tertiary/aromatic N) is 2. The molecule has 0 spiro atoms. The third kappa shape index (κ3) is 3.79. The molecule has 0 aromatic heterocycles. The number of para-hydroxylation sites is 1. The summed E-state index contributed by atoms with van der Waals surface area (Å²) in [6.45, 7) is 1.11. The Bertz CT molecular complexity index is 905. The van der Waals surface area contributed by atoms with Crippen molar-refractivity contribution in [2.75, 3.05) is 38.0 Å². The Kier molecular flexibility index (Phi) is 5.67. The summed E-state index contributed by atoms with van der Waals surface area (Å²) in [5.74, 6) is 1.91. The number of rotatable bonds is 5. The van der Waals surface area contributed by atoms with Crippen LogP contribution >= 0.6 is 11.8 Å². The molecule has 2 heterocycles. The van der Waals surface area contributed by atoms with E-state index in [1.807, 2.05) is 53.4 Å². The van der Waals surface area contributed by atoms with E-state index in [0.29, 0.717) is 24.6 Å². The monoisotopic (exact) mass is 412 g/mol. The summed E-state index contributed by atoms with van der Waals surface area (Å²) >= 11 is 1.73. The number of carbonyl (C=O) groups excluding carboxylic acids is 2. The van der Waals surface area contributed by atoms with Crippen LogP contribution in [0, 0.1) is 5.92 Å². The quantitative estimate of drug-likeness (QED) is 0.754. The maximum absolute atomic E-state index is 13.3. The van der Waals surface area contributed by atoms with Crippen molar-refractivity contribution in [3.8, 4) is 11.5 Å². The Morgan fingerprint density at radius 3 is 2.55 bits per heavy atom. The number of anilines is 1. The lowest BCUT2D eigenvalue weighted by atomic mass is 10.1. The third-order valence-electron chi connectivity index (χ3n) is 5.41. The highest BCUT2D eigenvalue weighted by atomic mass is 32.2. The van der Waals surface area contributed by atoms with Gasteiger partial charge in [-0.1, -0.05) is 24.3 Å². The van der Waals surface area contributed by atoms with Crippen molar-refractivity contribution in [1.29, 1.82) is 0 Å². The second-order valence-corrected chi connectivity index (χ2v) is 8.30. The molecule has 7 heteroatoms. The van der Waals surface area contributed by atoms with Gasteiger partial charge in [-0.15, -0.1) is 11.8 Å². The molecule has 2 aromatic rings. The van der Waals surface area contributed by atoms with Crippen molar-refractivity contribution in [3.63, 3.8) is 0 Å². The van der Waals surface area contributed by atoms with E-state index in [9.17, 15) is 9.59 Å². The van der Waals surface area contributed by atoms with Crippen LogP contribution in [0.15, 0.2) is 48.5 Å². The van der Waals surface area contributed by atoms with Crippen LogP contribution in [-0.4, -0.2) is 49.8 Å². The van der Waals surface area contributed by atoms with E-state index in [0.717, 1.165) is 17.0 Å². The minimum atomic E-state index is -0.316. The lowest BCUT2D eigenvalue weighted by Gasteiger charge is -2.27. The molecule has 0 radical (unpaired) electrons. The first-order valence-electron chi connectivity index (χ1n) is 9.61. The minimum absolute atomic E-state index is 0.00377. The maximum atomic E-state index is 13.3. The molecule has 6 nitrogen and oxygen atoms in total. The molecule has 2 aliphatic heterocycles. The Balaban J connectivity index is 1.52. The third-order valence-corrected chi connectivity index (χ3v) is 6.67. The molecule has 29 heavy (non-hydrogen) atoms. The number of hydrogen-bond acceptors (Lipinski definition) is 5. The zero-order valence-corrected chi connectivity index (χ0v) is 17.4. The van der Waals surface area contributed by atoms with E-state index >= 15 is 0 Å². The smallest absolute Gasteiger partial charge is 0.229 e. The first-order valence-corrected chi connectivity index (χ1v) is 10.7. The van der Waals surface area contributed by atoms with E-state index in [-0.39, 0.29) is 29.5 Å². The van der Waals surface area contributed by atoms with Crippen molar-refractivity contribution in [1.82, 2.24) is 4.90 Å². The lowest BCUT2D eigenvalue weighted by molar-refractivity contribution is -0.136. The normalized spacial score (nSPS) is 21.5. The van der Waals surface area contributed by atoms with Crippen LogP contribution in [0.1, 0.15) is 17.4 Å². The van der Waals surface area contributed by atoms with E-state index < -0.39 is 0 Å². The Morgan fingerprint density at radius 1 is 1.07 bits per heavy atom. The van der Waals surface area contributed by atoms with E-state index in [1.165, 1.54) is 0 Å². The number of carbonyl (C=O) groups is 2. The maximum Gasteiger partial charge on any atom is 0.229 e. The standard InChI is InChI=1S/C22H24N2O4S/c1-27-18-9-8-15(12-19(18)28-2)22-23(10-11-29-22)21(26)16-13-20(25)24(14-16)17-6-4-3-5-7-17/h3-9,12,16,22H,10-11,13-14H2,1-2H3. The Morgan fingerprint density at radius 2 is 1.83 bits per heavy atom. The second-order valence-electron chi connectivity index (χ2n) is 7.11. The molecular weight excluding hydrogens is 388 g/mol. The summed E-state index contributed by atoms with van der Waals surface area (Å²) in [7, 11) is 3.21. The van der Waals surface area contributed by atoms with Crippen LogP contribution in [0.2, 0.25) is 0 Å². The van der Waals surface area contributed by atoms with Crippen LogP contribution in [0.3, 0.4) is 0 Å². The summed E-state index contributed by atoms with van der Waals surface area (Å²) in [5.41, 5.74) is 1.85. The first-order chi connectivity index (χ1) is 14.1. The molecule has 2 unspecified atom stereocenters. The molecule has 0 bridgehead atoms. The summed E-state index contributed by atoms with van der Waals surface area (Å²) in [5, 5.41) is -0.0804. The predicted octanol–water partition coefficient (Wildman–Crippen LogP) is 3.33. The minimum Gasteiger partial charge on any atom is -0.493 e. The lowest BCUT2D eigenvalue weighted by Crippen LogP contribution is -2.37. The van der Waals surface area contributed by atoms with Gasteiger partial charge < -0.3 is 19.3 Å². The van der Waals surface area contributed by atoms with Crippen LogP contribution in [0.5, 0.6) is 11.5 Å². The van der Waals surface area contributed by atoms with E-state index in [1.54, 1.807) is 30.9 Å². The van der Waals surface area contributed by atoms with Gasteiger partial charge in [-0.3, -0.25) is 9.59 Å². The van der Waals surface area contributed by atoms with Gasteiger partial charge >= 0.3 is 0 Å². The molecule has 2 amide bonds. The van der Waals surface area contributed by atoms with Crippen LogP contribution in [0.4, 0.5) is 5.69 Å². The zero-order chi connectivity index (χ0) is 20.4. The fourth-order valence-electron chi connectivity index (χ4n) is 3.94. The Hall–Kier alpha value is -2.67. The highest BCUT2D eigenvalue weighted by molar-refractivity contribution is 7.99. The molecule has 2 aromatic carbocycles. The molecule has 2 aliphatic rings. The molecule has 2 saturated heterocycles. The van der Waals surface area contributed by atoms with Gasteiger partial charge in [0, 0.05) is 31.0 Å². The molecule has 2 atom stereocenters. The summed E-state index contributed by atoms with van der Waals surface area (Å²) in [6.07, 6.45) is 0.257. The van der Waals surface area contributed by atoms with Gasteiger partial charge in [-0.25, -0.2) is 0 Å². The van der Waals surface area contributed by atoms with Crippen LogP contribution < -0.4 is 14.4 Å². The van der Waals surface area contributed by atoms with Gasteiger partial charge in [-0.2, -0.15) is 0 Å². The summed E-state index contributed by atoms with van der Waals surface area (Å²) in [6, 6.07) is 15.3. The van der Waals surface area contributed by atoms with Gasteiger partial charge in [-0.05, 0) is 29.8 Å². The van der Waals surface area contributed by atoms with E-state index in [4.69, 9.17) is 9.47 Å². The first kappa shape index (κ1) is 19.6. The van der Waals surface area contributed by atoms with E-state index in [2.05, 4.69) is 0 Å². The number of benzene rings is 2. The highest BCUT2D eigenvalue weighted by Crippen LogP contribution is 2.42. The van der Waals surface area contributed by atoms with Crippen molar-refractivity contribution in [2.24, 2.45) is 5.92 Å². The summed E-state index contributed by atoms with van der Waals surface area (Å²) < 4.78 is 10.7. The van der Waals surface area contributed by atoms with Crippen molar-refractivity contribution >= 4 is 29.3 Å². The highest BCUT2D eigenvalue weighted by Gasteiger charge is 2.41. The predicted molar refractivity (Wildman–Crippen MR) is 113 cm³/mol. The molecule has 2 fully saturated rings. The SMILES string of the molecule is COc1ccc(C2SCCN2C(=O)C2CC(=O)N(c3ccccc3)C2)cc1OC. The van der Waals surface area contributed by atoms with Gasteiger partial charge in [0.15, 0.2) is 11.5 Å². The molecule has 152 valence electrons. The van der Waals surface area contributed by atoms with Crippen LogP contribution in [0.25, 0.3) is 0 Å². The fraction of sp³-hybridized carbons (Fsp3) is 0.364. The number of thioether (sulfide) groups is 1. The number of methoxy groups -OCH3 is 2. The van der Waals surface area contributed by atoms with Crippen LogP contribution in [-0.2, 0) is 9.59 Å². The molecule has 0 N–H and O–H groups in total. The molecule has 4 rings (SSSR count). The second kappa shape index (κ2) is 8.37. The average Bonchev–Trinajstić information content (AvgIpc) is 3.40. The number of amides is 2. The van der Waals surface area contributed by atoms with Crippen molar-refractivity contribution in [3.05, 3.63) is 54.1 Å². The largest absolute Gasteiger partial charge is 0.493 e. The molecule has 0 aliphatic carbocycles. The number of ether oxygens (including phenoxy) is 2. The molecule has 0 saturated carbocycles. The fourth-order valence-corrected chi connectivity index (χ4v) is 5.20. The van der Waals surface area contributed by atoms with Gasteiger partial charge in [0.25, 0.3) is 0 Å². The zero-order valence-electron chi connectivity index (χ0n) is 16.5. The topological polar surface area (TPSA) is 59.1 Å². The van der Waals surface area contributed by atoms with Gasteiger partial charge in [0.05, 0.1) is 20.1 Å². The summed E-state index contributed by atoms with van der Waals surface area (Å²) in [4.78, 5) is 29.5. The molecular formula is C22H24N2O4S.